The summed E-state index contributed by atoms with van der Waals surface area (Å²) in [5.74, 6) is -0.517. The zero-order chi connectivity index (χ0) is 22.3. The van der Waals surface area contributed by atoms with Crippen molar-refractivity contribution >= 4 is 51.9 Å². The number of amides is 1. The summed E-state index contributed by atoms with van der Waals surface area (Å²) in [5, 5.41) is 1.37. The van der Waals surface area contributed by atoms with Crippen molar-refractivity contribution in [3.63, 3.8) is 0 Å². The van der Waals surface area contributed by atoms with Crippen LogP contribution in [0, 0.1) is 13.8 Å². The Labute approximate surface area is 186 Å². The number of nitrogens with zero attached hydrogens (tertiary/aromatic N) is 3. The van der Waals surface area contributed by atoms with Crippen LogP contribution in [0.2, 0.25) is 0 Å². The van der Waals surface area contributed by atoms with Gasteiger partial charge in [0.15, 0.2) is 5.11 Å². The molecule has 158 valence electrons. The normalized spacial score (nSPS) is 15.4. The van der Waals surface area contributed by atoms with Crippen LogP contribution in [0.1, 0.15) is 16.7 Å². The summed E-state index contributed by atoms with van der Waals surface area (Å²) in [4.78, 5) is 28.5. The number of rotatable bonds is 4. The summed E-state index contributed by atoms with van der Waals surface area (Å²) < 4.78 is 6.64. The second-order valence-electron chi connectivity index (χ2n) is 7.59. The number of ether oxygens (including phenoxy) is 1. The van der Waals surface area contributed by atoms with Crippen molar-refractivity contribution < 1.29 is 14.3 Å². The van der Waals surface area contributed by atoms with E-state index in [4.69, 9.17) is 17.0 Å². The molecule has 1 saturated heterocycles. The molecule has 2 heterocycles. The average molecular weight is 434 g/mol. The van der Waals surface area contributed by atoms with Gasteiger partial charge in [0.1, 0.15) is 12.2 Å². The SMILES string of the molecule is COC(=O)Cn1cc(/C=C2/C(=O)N(c3ccc(C)c(C)c3)C(=S)N2C)c2ccccc21. The Kier molecular flexibility index (Phi) is 5.37. The smallest absolute Gasteiger partial charge is 0.325 e. The molecule has 0 unspecified atom stereocenters. The van der Waals surface area contributed by atoms with E-state index >= 15 is 0 Å². The molecule has 1 amide bonds. The number of carbonyl (C=O) groups is 2. The van der Waals surface area contributed by atoms with Crippen LogP contribution < -0.4 is 4.90 Å². The van der Waals surface area contributed by atoms with E-state index in [0.29, 0.717) is 10.8 Å². The maximum Gasteiger partial charge on any atom is 0.325 e. The van der Waals surface area contributed by atoms with Gasteiger partial charge in [0.05, 0.1) is 12.8 Å². The Morgan fingerprint density at radius 1 is 1.13 bits per heavy atom. The van der Waals surface area contributed by atoms with Crippen molar-refractivity contribution in [2.45, 2.75) is 20.4 Å². The summed E-state index contributed by atoms with van der Waals surface area (Å²) in [6.45, 7) is 4.14. The van der Waals surface area contributed by atoms with Crippen molar-refractivity contribution in [3.05, 3.63) is 71.0 Å². The summed E-state index contributed by atoms with van der Waals surface area (Å²) in [7, 11) is 3.16. The van der Waals surface area contributed by atoms with Crippen LogP contribution in [0.25, 0.3) is 17.0 Å². The number of fused-ring (bicyclic) bond motifs is 1. The lowest BCUT2D eigenvalue weighted by atomic mass is 10.1. The summed E-state index contributed by atoms with van der Waals surface area (Å²) >= 11 is 5.59. The Morgan fingerprint density at radius 2 is 1.87 bits per heavy atom. The summed E-state index contributed by atoms with van der Waals surface area (Å²) in [5.41, 5.74) is 5.20. The molecule has 0 bridgehead atoms. The number of hydrogen-bond donors (Lipinski definition) is 0. The van der Waals surface area contributed by atoms with Crippen molar-refractivity contribution in [3.8, 4) is 0 Å². The molecule has 31 heavy (non-hydrogen) atoms. The molecule has 0 aliphatic carbocycles. The summed E-state index contributed by atoms with van der Waals surface area (Å²) in [6.07, 6.45) is 3.68. The monoisotopic (exact) mass is 433 g/mol. The molecule has 6 nitrogen and oxygen atoms in total. The van der Waals surface area contributed by atoms with Gasteiger partial charge in [-0.2, -0.15) is 0 Å². The van der Waals surface area contributed by atoms with Gasteiger partial charge in [-0.25, -0.2) is 0 Å². The number of aromatic nitrogens is 1. The van der Waals surface area contributed by atoms with Gasteiger partial charge in [0.2, 0.25) is 0 Å². The molecule has 1 fully saturated rings. The van der Waals surface area contributed by atoms with Gasteiger partial charge in [-0.1, -0.05) is 24.3 Å². The Bertz CT molecular complexity index is 1260. The van der Waals surface area contributed by atoms with Crippen molar-refractivity contribution in [1.82, 2.24) is 9.47 Å². The first-order valence-corrected chi connectivity index (χ1v) is 10.3. The first-order chi connectivity index (χ1) is 14.8. The highest BCUT2D eigenvalue weighted by Crippen LogP contribution is 2.31. The number of hydrogen-bond acceptors (Lipinski definition) is 4. The van der Waals surface area contributed by atoms with Gasteiger partial charge < -0.3 is 14.2 Å². The largest absolute Gasteiger partial charge is 0.468 e. The molecule has 0 atom stereocenters. The molecule has 1 aliphatic heterocycles. The first-order valence-electron chi connectivity index (χ1n) is 9.87. The van der Waals surface area contributed by atoms with Crippen LogP contribution in [0.4, 0.5) is 5.69 Å². The minimum absolute atomic E-state index is 0.0944. The second-order valence-corrected chi connectivity index (χ2v) is 7.95. The first kappa shape index (κ1) is 20.8. The Morgan fingerprint density at radius 3 is 2.58 bits per heavy atom. The fourth-order valence-electron chi connectivity index (χ4n) is 3.72. The third-order valence-corrected chi connectivity index (χ3v) is 6.11. The minimum Gasteiger partial charge on any atom is -0.468 e. The predicted molar refractivity (Wildman–Crippen MR) is 126 cm³/mol. The van der Waals surface area contributed by atoms with E-state index in [9.17, 15) is 9.59 Å². The predicted octanol–water partition coefficient (Wildman–Crippen LogP) is 4.04. The van der Waals surface area contributed by atoms with Crippen LogP contribution in [-0.2, 0) is 20.9 Å². The number of thiocarbonyl (C=S) groups is 1. The fraction of sp³-hybridized carbons (Fsp3) is 0.208. The quantitative estimate of drug-likeness (QED) is 0.353. The number of para-hydroxylation sites is 1. The molecule has 4 rings (SSSR count). The van der Waals surface area contributed by atoms with E-state index in [1.165, 1.54) is 7.11 Å². The molecular weight excluding hydrogens is 410 g/mol. The zero-order valence-corrected chi connectivity index (χ0v) is 18.7. The maximum absolute atomic E-state index is 13.3. The van der Waals surface area contributed by atoms with Crippen LogP contribution in [-0.4, -0.2) is 40.6 Å². The number of esters is 1. The summed E-state index contributed by atoms with van der Waals surface area (Å²) in [6, 6.07) is 13.6. The molecule has 7 heteroatoms. The Balaban J connectivity index is 1.77. The van der Waals surface area contributed by atoms with Crippen LogP contribution >= 0.6 is 12.2 Å². The van der Waals surface area contributed by atoms with Crippen molar-refractivity contribution in [2.24, 2.45) is 0 Å². The highest BCUT2D eigenvalue weighted by molar-refractivity contribution is 7.80. The van der Waals surface area contributed by atoms with E-state index < -0.39 is 0 Å². The maximum atomic E-state index is 13.3. The third-order valence-electron chi connectivity index (χ3n) is 5.65. The van der Waals surface area contributed by atoms with Crippen LogP contribution in [0.15, 0.2) is 54.4 Å². The molecule has 3 aromatic rings. The molecule has 0 spiro atoms. The van der Waals surface area contributed by atoms with Gasteiger partial charge in [-0.05, 0) is 61.5 Å². The molecule has 0 radical (unpaired) electrons. The van der Waals surface area contributed by atoms with E-state index in [-0.39, 0.29) is 18.4 Å². The average Bonchev–Trinajstić information content (AvgIpc) is 3.20. The van der Waals surface area contributed by atoms with Gasteiger partial charge >= 0.3 is 5.97 Å². The number of anilines is 1. The second kappa shape index (κ2) is 8.00. The lowest BCUT2D eigenvalue weighted by Crippen LogP contribution is -2.31. The van der Waals surface area contributed by atoms with Gasteiger partial charge in [-0.15, -0.1) is 0 Å². The number of benzene rings is 2. The van der Waals surface area contributed by atoms with Crippen molar-refractivity contribution in [1.29, 1.82) is 0 Å². The van der Waals surface area contributed by atoms with Gasteiger partial charge in [0.25, 0.3) is 5.91 Å². The number of methoxy groups -OCH3 is 1. The lowest BCUT2D eigenvalue weighted by molar-refractivity contribution is -0.141. The molecule has 1 aromatic heterocycles. The van der Waals surface area contributed by atoms with E-state index in [1.54, 1.807) is 16.8 Å². The molecule has 0 N–H and O–H groups in total. The Hall–Kier alpha value is -3.45. The van der Waals surface area contributed by atoms with Gasteiger partial charge in [-0.3, -0.25) is 14.5 Å². The van der Waals surface area contributed by atoms with E-state index in [0.717, 1.165) is 33.3 Å². The minimum atomic E-state index is -0.337. The highest BCUT2D eigenvalue weighted by atomic mass is 32.1. The zero-order valence-electron chi connectivity index (χ0n) is 17.9. The van der Waals surface area contributed by atoms with E-state index in [2.05, 4.69) is 0 Å². The lowest BCUT2D eigenvalue weighted by Gasteiger charge is -2.17. The molecular formula is C24H23N3O3S. The van der Waals surface area contributed by atoms with Crippen LogP contribution in [0.3, 0.4) is 0 Å². The number of carbonyl (C=O) groups excluding carboxylic acids is 2. The fourth-order valence-corrected chi connectivity index (χ4v) is 4.01. The molecule has 1 aliphatic rings. The highest BCUT2D eigenvalue weighted by Gasteiger charge is 2.37. The van der Waals surface area contributed by atoms with Gasteiger partial charge in [0, 0.05) is 29.7 Å². The van der Waals surface area contributed by atoms with E-state index in [1.807, 2.05) is 73.2 Å². The number of aryl methyl sites for hydroxylation is 2. The number of likely N-dealkylation sites (N-methyl/N-ethyl adjacent to an activating group) is 1. The molecule has 0 saturated carbocycles. The van der Waals surface area contributed by atoms with Crippen molar-refractivity contribution in [2.75, 3.05) is 19.1 Å². The topological polar surface area (TPSA) is 54.8 Å². The van der Waals surface area contributed by atoms with Crippen LogP contribution in [0.5, 0.6) is 0 Å². The molecule has 2 aromatic carbocycles. The third kappa shape index (κ3) is 3.61. The standard InChI is InChI=1S/C24H23N3O3S/c1-15-9-10-18(11-16(15)2)27-23(29)21(25(3)24(27)31)12-17-13-26(14-22(28)30-4)20-8-6-5-7-19(17)20/h5-13H,14H2,1-4H3/b21-12-.